The number of nitrogens with one attached hydrogen (secondary N) is 1. The van der Waals surface area contributed by atoms with Gasteiger partial charge in [-0.25, -0.2) is 4.98 Å². The fraction of sp³-hybridized carbons (Fsp3) is 0.133. The summed E-state index contributed by atoms with van der Waals surface area (Å²) in [7, 11) is 0. The Bertz CT molecular complexity index is 816. The molecule has 2 aromatic carbocycles. The van der Waals surface area contributed by atoms with Gasteiger partial charge < -0.3 is 20.2 Å². The second-order valence-electron chi connectivity index (χ2n) is 4.79. The Hall–Kier alpha value is -2.34. The lowest BCUT2D eigenvalue weighted by atomic mass is 10.2. The molecule has 1 aromatic heterocycles. The van der Waals surface area contributed by atoms with Gasteiger partial charge in [0.1, 0.15) is 0 Å². The van der Waals surface area contributed by atoms with Crippen molar-refractivity contribution in [2.24, 2.45) is 0 Å². The lowest BCUT2D eigenvalue weighted by Crippen LogP contribution is -1.92. The first-order valence-corrected chi connectivity index (χ1v) is 7.53. The van der Waals surface area contributed by atoms with Gasteiger partial charge in [-0.3, -0.25) is 0 Å². The van der Waals surface area contributed by atoms with Gasteiger partial charge in [0.15, 0.2) is 16.7 Å². The van der Waals surface area contributed by atoms with E-state index in [2.05, 4.69) is 9.97 Å². The van der Waals surface area contributed by atoms with E-state index in [-0.39, 0.29) is 0 Å². The van der Waals surface area contributed by atoms with E-state index in [1.807, 2.05) is 36.4 Å². The number of imidazole rings is 1. The quantitative estimate of drug-likeness (QED) is 0.574. The molecule has 106 valence electrons. The van der Waals surface area contributed by atoms with Gasteiger partial charge in [-0.2, -0.15) is 0 Å². The number of rotatable bonds is 3. The van der Waals surface area contributed by atoms with Gasteiger partial charge in [-0.05, 0) is 35.9 Å². The number of fused-ring (bicyclic) bond motifs is 2. The van der Waals surface area contributed by atoms with Crippen LogP contribution in [0.1, 0.15) is 5.56 Å². The van der Waals surface area contributed by atoms with Crippen molar-refractivity contribution in [3.05, 3.63) is 42.0 Å². The van der Waals surface area contributed by atoms with Crippen LogP contribution in [0.25, 0.3) is 11.0 Å². The highest BCUT2D eigenvalue weighted by atomic mass is 32.2. The van der Waals surface area contributed by atoms with Crippen molar-refractivity contribution >= 4 is 28.5 Å². The molecule has 0 radical (unpaired) electrons. The van der Waals surface area contributed by atoms with Crippen LogP contribution in [0, 0.1) is 0 Å². The summed E-state index contributed by atoms with van der Waals surface area (Å²) in [6, 6.07) is 11.7. The molecule has 0 unspecified atom stereocenters. The van der Waals surface area contributed by atoms with Crippen LogP contribution in [0.15, 0.2) is 41.6 Å². The van der Waals surface area contributed by atoms with Crippen LogP contribution in [0.5, 0.6) is 11.5 Å². The minimum atomic E-state index is 0.303. The van der Waals surface area contributed by atoms with Crippen molar-refractivity contribution in [3.63, 3.8) is 0 Å². The third-order valence-corrected chi connectivity index (χ3v) is 4.24. The summed E-state index contributed by atoms with van der Waals surface area (Å²) in [5.74, 6) is 2.43. The monoisotopic (exact) mass is 299 g/mol. The van der Waals surface area contributed by atoms with Gasteiger partial charge >= 0.3 is 0 Å². The number of hydrogen-bond donors (Lipinski definition) is 2. The van der Waals surface area contributed by atoms with Crippen molar-refractivity contribution in [2.75, 3.05) is 12.5 Å². The van der Waals surface area contributed by atoms with Gasteiger partial charge in [-0.1, -0.05) is 17.8 Å². The summed E-state index contributed by atoms with van der Waals surface area (Å²) in [6.45, 7) is 0.303. The topological polar surface area (TPSA) is 73.2 Å². The highest BCUT2D eigenvalue weighted by Crippen LogP contribution is 2.34. The second-order valence-corrected chi connectivity index (χ2v) is 5.76. The van der Waals surface area contributed by atoms with E-state index in [1.54, 1.807) is 11.8 Å². The van der Waals surface area contributed by atoms with Gasteiger partial charge in [0.25, 0.3) is 0 Å². The summed E-state index contributed by atoms with van der Waals surface area (Å²) in [6.07, 6.45) is 0. The molecule has 3 aromatic rings. The van der Waals surface area contributed by atoms with Gasteiger partial charge in [0, 0.05) is 11.4 Å². The maximum absolute atomic E-state index is 5.77. The molecule has 1 aliphatic heterocycles. The van der Waals surface area contributed by atoms with Crippen LogP contribution in [-0.2, 0) is 5.75 Å². The molecular weight excluding hydrogens is 286 g/mol. The summed E-state index contributed by atoms with van der Waals surface area (Å²) in [5.41, 5.74) is 9.56. The molecule has 6 heteroatoms. The standard InChI is InChI=1S/C15H13N3O2S/c16-10-2-3-11-12(6-10)18-15(17-11)21-7-9-1-4-13-14(5-9)20-8-19-13/h1-6H,7-8,16H2,(H,17,18). The number of nitrogen functional groups attached to an aromatic ring is 1. The number of aromatic amines is 1. The molecule has 0 bridgehead atoms. The molecule has 2 heterocycles. The number of benzene rings is 2. The van der Waals surface area contributed by atoms with E-state index in [0.29, 0.717) is 6.79 Å². The average molecular weight is 299 g/mol. The van der Waals surface area contributed by atoms with Crippen LogP contribution < -0.4 is 15.2 Å². The molecule has 5 nitrogen and oxygen atoms in total. The zero-order valence-electron chi connectivity index (χ0n) is 11.1. The van der Waals surface area contributed by atoms with Crippen molar-refractivity contribution in [1.29, 1.82) is 0 Å². The molecule has 0 saturated carbocycles. The Balaban J connectivity index is 1.52. The predicted molar refractivity (Wildman–Crippen MR) is 82.6 cm³/mol. The molecule has 4 rings (SSSR count). The normalized spacial score (nSPS) is 13.0. The number of nitrogens with zero attached hydrogens (tertiary/aromatic N) is 1. The fourth-order valence-electron chi connectivity index (χ4n) is 2.25. The number of ether oxygens (including phenoxy) is 2. The third-order valence-electron chi connectivity index (χ3n) is 3.30. The molecule has 1 aliphatic rings. The van der Waals surface area contributed by atoms with Crippen LogP contribution in [0.3, 0.4) is 0 Å². The minimum Gasteiger partial charge on any atom is -0.454 e. The Morgan fingerprint density at radius 1 is 1.14 bits per heavy atom. The SMILES string of the molecule is Nc1ccc2nc(SCc3ccc4c(c3)OCO4)[nH]c2c1. The second kappa shape index (κ2) is 4.89. The van der Waals surface area contributed by atoms with E-state index in [9.17, 15) is 0 Å². The third kappa shape index (κ3) is 2.38. The fourth-order valence-corrected chi connectivity index (χ4v) is 3.08. The number of hydrogen-bond acceptors (Lipinski definition) is 5. The minimum absolute atomic E-state index is 0.303. The lowest BCUT2D eigenvalue weighted by Gasteiger charge is -2.01. The Morgan fingerprint density at radius 3 is 3.00 bits per heavy atom. The first kappa shape index (κ1) is 12.4. The van der Waals surface area contributed by atoms with Gasteiger partial charge in [0.2, 0.25) is 6.79 Å². The molecule has 0 spiro atoms. The van der Waals surface area contributed by atoms with E-state index in [1.165, 1.54) is 5.56 Å². The Kier molecular flexibility index (Phi) is 2.89. The summed E-state index contributed by atoms with van der Waals surface area (Å²) < 4.78 is 10.7. The number of anilines is 1. The molecule has 0 saturated heterocycles. The smallest absolute Gasteiger partial charge is 0.231 e. The molecule has 3 N–H and O–H groups in total. The Morgan fingerprint density at radius 2 is 2.05 bits per heavy atom. The van der Waals surface area contributed by atoms with E-state index in [0.717, 1.165) is 39.1 Å². The average Bonchev–Trinajstić information content (AvgIpc) is 3.09. The Labute approximate surface area is 125 Å². The van der Waals surface area contributed by atoms with Gasteiger partial charge in [0.05, 0.1) is 11.0 Å². The van der Waals surface area contributed by atoms with Crippen LogP contribution in [0.4, 0.5) is 5.69 Å². The molecule has 0 atom stereocenters. The molecule has 0 amide bonds. The van der Waals surface area contributed by atoms with Crippen molar-refractivity contribution in [3.8, 4) is 11.5 Å². The van der Waals surface area contributed by atoms with E-state index in [4.69, 9.17) is 15.2 Å². The zero-order chi connectivity index (χ0) is 14.2. The number of nitrogens with two attached hydrogens (primary N) is 1. The zero-order valence-corrected chi connectivity index (χ0v) is 11.9. The van der Waals surface area contributed by atoms with E-state index < -0.39 is 0 Å². The molecule has 0 fully saturated rings. The first-order valence-electron chi connectivity index (χ1n) is 6.54. The van der Waals surface area contributed by atoms with Crippen molar-refractivity contribution in [1.82, 2.24) is 9.97 Å². The lowest BCUT2D eigenvalue weighted by molar-refractivity contribution is 0.174. The maximum atomic E-state index is 5.77. The summed E-state index contributed by atoms with van der Waals surface area (Å²) in [5, 5.41) is 0.883. The maximum Gasteiger partial charge on any atom is 0.231 e. The highest BCUT2D eigenvalue weighted by Gasteiger charge is 2.13. The highest BCUT2D eigenvalue weighted by molar-refractivity contribution is 7.98. The summed E-state index contributed by atoms with van der Waals surface area (Å²) in [4.78, 5) is 7.81. The number of aromatic nitrogens is 2. The van der Waals surface area contributed by atoms with Crippen molar-refractivity contribution in [2.45, 2.75) is 10.9 Å². The number of H-pyrrole nitrogens is 1. The molecule has 0 aliphatic carbocycles. The molecular formula is C15H13N3O2S. The summed E-state index contributed by atoms with van der Waals surface area (Å²) >= 11 is 1.65. The van der Waals surface area contributed by atoms with Crippen LogP contribution in [0.2, 0.25) is 0 Å². The number of thioether (sulfide) groups is 1. The van der Waals surface area contributed by atoms with Crippen molar-refractivity contribution < 1.29 is 9.47 Å². The largest absolute Gasteiger partial charge is 0.454 e. The van der Waals surface area contributed by atoms with Crippen LogP contribution >= 0.6 is 11.8 Å². The van der Waals surface area contributed by atoms with Crippen LogP contribution in [-0.4, -0.2) is 16.8 Å². The van der Waals surface area contributed by atoms with Gasteiger partial charge in [-0.15, -0.1) is 0 Å². The molecule has 21 heavy (non-hydrogen) atoms. The predicted octanol–water partition coefficient (Wildman–Crippen LogP) is 3.17. The first-order chi connectivity index (χ1) is 10.3. The van der Waals surface area contributed by atoms with E-state index >= 15 is 0 Å².